The fourth-order valence-electron chi connectivity index (χ4n) is 3.90. The Balaban J connectivity index is 1.63. The zero-order valence-electron chi connectivity index (χ0n) is 15.0. The van der Waals surface area contributed by atoms with Crippen LogP contribution in [0.2, 0.25) is 0 Å². The Morgan fingerprint density at radius 3 is 2.48 bits per heavy atom. The highest BCUT2D eigenvalue weighted by Crippen LogP contribution is 2.31. The minimum absolute atomic E-state index is 0.130. The van der Waals surface area contributed by atoms with E-state index in [9.17, 15) is 8.42 Å². The van der Waals surface area contributed by atoms with Crippen LogP contribution in [0.5, 0.6) is 0 Å². The van der Waals surface area contributed by atoms with E-state index in [2.05, 4.69) is 6.19 Å². The molecule has 2 aliphatic heterocycles. The fourth-order valence-corrected chi connectivity index (χ4v) is 5.80. The summed E-state index contributed by atoms with van der Waals surface area (Å²) >= 11 is 0. The lowest BCUT2D eigenvalue weighted by atomic mass is 10.1. The first kappa shape index (κ1) is 17.8. The fraction of sp³-hybridized carbons (Fsp3) is 0.350. The van der Waals surface area contributed by atoms with E-state index in [4.69, 9.17) is 5.26 Å². The summed E-state index contributed by atoms with van der Waals surface area (Å²) in [5, 5.41) is 9.08. The third kappa shape index (κ3) is 3.38. The largest absolute Gasteiger partial charge is 0.309 e. The van der Waals surface area contributed by atoms with E-state index in [0.717, 1.165) is 17.5 Å². The van der Waals surface area contributed by atoms with Crippen LogP contribution in [0.25, 0.3) is 11.1 Å². The van der Waals surface area contributed by atoms with Crippen molar-refractivity contribution in [3.63, 3.8) is 0 Å². The van der Waals surface area contributed by atoms with Crippen LogP contribution < -0.4 is 4.31 Å². The number of rotatable bonds is 3. The van der Waals surface area contributed by atoms with Crippen LogP contribution in [0.1, 0.15) is 12.8 Å². The van der Waals surface area contributed by atoms with Crippen LogP contribution in [-0.4, -0.2) is 49.8 Å². The molecule has 2 saturated heterocycles. The molecular formula is C20H22N4O2S. The Morgan fingerprint density at radius 2 is 1.74 bits per heavy atom. The van der Waals surface area contributed by atoms with Crippen LogP contribution in [0, 0.1) is 11.5 Å². The number of nitriles is 1. The number of hydrogen-bond donors (Lipinski definition) is 0. The second kappa shape index (κ2) is 7.22. The molecule has 0 spiro atoms. The van der Waals surface area contributed by atoms with Crippen molar-refractivity contribution in [2.45, 2.75) is 18.9 Å². The molecule has 0 radical (unpaired) electrons. The maximum atomic E-state index is 13.3. The molecule has 27 heavy (non-hydrogen) atoms. The number of benzene rings is 2. The van der Waals surface area contributed by atoms with Crippen LogP contribution in [0.4, 0.5) is 5.69 Å². The lowest BCUT2D eigenvalue weighted by Gasteiger charge is -2.38. The molecule has 0 amide bonds. The minimum Gasteiger partial charge on any atom is -0.309 e. The molecule has 2 aromatic rings. The lowest BCUT2D eigenvalue weighted by Crippen LogP contribution is -2.54. The quantitative estimate of drug-likeness (QED) is 0.766. The summed E-state index contributed by atoms with van der Waals surface area (Å²) in [6.45, 7) is 2.09. The number of likely N-dealkylation sites (tertiary alicyclic amines) is 1. The Labute approximate surface area is 160 Å². The summed E-state index contributed by atoms with van der Waals surface area (Å²) in [4.78, 5) is 1.63. The third-order valence-electron chi connectivity index (χ3n) is 5.27. The predicted octanol–water partition coefficient (Wildman–Crippen LogP) is 2.67. The first-order chi connectivity index (χ1) is 13.1. The van der Waals surface area contributed by atoms with Gasteiger partial charge >= 0.3 is 10.2 Å². The molecule has 0 saturated carbocycles. The van der Waals surface area contributed by atoms with Gasteiger partial charge in [-0.2, -0.15) is 18.0 Å². The van der Waals surface area contributed by atoms with Crippen molar-refractivity contribution in [1.82, 2.24) is 9.21 Å². The molecule has 7 heteroatoms. The van der Waals surface area contributed by atoms with Gasteiger partial charge in [0.15, 0.2) is 6.19 Å². The van der Waals surface area contributed by atoms with Gasteiger partial charge in [0.05, 0.1) is 5.69 Å². The van der Waals surface area contributed by atoms with Crippen molar-refractivity contribution in [3.05, 3.63) is 54.6 Å². The molecular weight excluding hydrogens is 360 g/mol. The summed E-state index contributed by atoms with van der Waals surface area (Å²) in [7, 11) is -3.60. The van der Waals surface area contributed by atoms with Gasteiger partial charge in [0, 0.05) is 32.2 Å². The summed E-state index contributed by atoms with van der Waals surface area (Å²) in [6.07, 6.45) is 3.60. The number of nitrogens with zero attached hydrogens (tertiary/aromatic N) is 4. The van der Waals surface area contributed by atoms with E-state index in [1.807, 2.05) is 54.6 Å². The normalized spacial score (nSPS) is 22.6. The van der Waals surface area contributed by atoms with E-state index >= 15 is 0 Å². The Morgan fingerprint density at radius 1 is 0.963 bits per heavy atom. The maximum Gasteiger partial charge on any atom is 0.304 e. The highest BCUT2D eigenvalue weighted by molar-refractivity contribution is 7.90. The van der Waals surface area contributed by atoms with Crippen LogP contribution >= 0.6 is 0 Å². The van der Waals surface area contributed by atoms with E-state index in [-0.39, 0.29) is 6.04 Å². The van der Waals surface area contributed by atoms with Crippen LogP contribution in [0.3, 0.4) is 0 Å². The molecule has 4 rings (SSSR count). The average Bonchev–Trinajstić information content (AvgIpc) is 3.17. The lowest BCUT2D eigenvalue weighted by molar-refractivity contribution is 0.305. The molecule has 6 nitrogen and oxygen atoms in total. The molecule has 0 unspecified atom stereocenters. The first-order valence-corrected chi connectivity index (χ1v) is 10.6. The van der Waals surface area contributed by atoms with Crippen LogP contribution in [-0.2, 0) is 10.2 Å². The SMILES string of the molecule is N#CN1CC[C@@H](N2CCCN(c3cccc(-c4ccccc4)c3)S2(=O)=O)C1. The molecule has 0 bridgehead atoms. The smallest absolute Gasteiger partial charge is 0.304 e. The standard InChI is InChI=1S/C20H22N4O2S/c21-16-22-13-10-20(15-22)24-12-5-11-23(27(24,25)26)19-9-4-8-18(14-19)17-6-2-1-3-7-17/h1-4,6-9,14,20H,5,10-13,15H2/t20-/m1/s1. The third-order valence-corrected chi connectivity index (χ3v) is 7.29. The predicted molar refractivity (Wildman–Crippen MR) is 105 cm³/mol. The molecule has 2 aromatic carbocycles. The summed E-state index contributed by atoms with van der Waals surface area (Å²) in [5.74, 6) is 0. The van der Waals surface area contributed by atoms with Gasteiger partial charge < -0.3 is 4.90 Å². The molecule has 2 heterocycles. The van der Waals surface area contributed by atoms with Gasteiger partial charge in [0.25, 0.3) is 0 Å². The first-order valence-electron chi connectivity index (χ1n) is 9.19. The van der Waals surface area contributed by atoms with Gasteiger partial charge in [-0.25, -0.2) is 0 Å². The van der Waals surface area contributed by atoms with Gasteiger partial charge in [-0.1, -0.05) is 42.5 Å². The van der Waals surface area contributed by atoms with E-state index < -0.39 is 10.2 Å². The molecule has 1 atom stereocenters. The topological polar surface area (TPSA) is 67.7 Å². The van der Waals surface area contributed by atoms with Crippen molar-refractivity contribution >= 4 is 15.9 Å². The summed E-state index contributed by atoms with van der Waals surface area (Å²) < 4.78 is 29.7. The molecule has 2 aliphatic rings. The zero-order valence-corrected chi connectivity index (χ0v) is 15.8. The van der Waals surface area contributed by atoms with Gasteiger partial charge in [-0.15, -0.1) is 0 Å². The molecule has 140 valence electrons. The van der Waals surface area contributed by atoms with Gasteiger partial charge in [-0.05, 0) is 36.1 Å². The number of anilines is 1. The van der Waals surface area contributed by atoms with E-state index in [1.165, 1.54) is 4.31 Å². The highest BCUT2D eigenvalue weighted by atomic mass is 32.2. The second-order valence-corrected chi connectivity index (χ2v) is 8.75. The molecule has 2 fully saturated rings. The van der Waals surface area contributed by atoms with Gasteiger partial charge in [0.1, 0.15) is 0 Å². The maximum absolute atomic E-state index is 13.3. The van der Waals surface area contributed by atoms with Gasteiger partial charge in [-0.3, -0.25) is 4.31 Å². The minimum atomic E-state index is -3.60. The van der Waals surface area contributed by atoms with E-state index in [1.54, 1.807) is 9.21 Å². The van der Waals surface area contributed by atoms with Crippen molar-refractivity contribution in [2.24, 2.45) is 0 Å². The molecule has 0 aromatic heterocycles. The van der Waals surface area contributed by atoms with Crippen molar-refractivity contribution < 1.29 is 8.42 Å². The van der Waals surface area contributed by atoms with E-state index in [0.29, 0.717) is 38.3 Å². The second-order valence-electron chi connectivity index (χ2n) is 6.95. The van der Waals surface area contributed by atoms with Crippen molar-refractivity contribution in [2.75, 3.05) is 30.5 Å². The Hall–Kier alpha value is -2.56. The Bertz CT molecular complexity index is 955. The highest BCUT2D eigenvalue weighted by Gasteiger charge is 2.40. The van der Waals surface area contributed by atoms with Crippen molar-refractivity contribution in [3.8, 4) is 17.3 Å². The molecule has 0 N–H and O–H groups in total. The molecule has 0 aliphatic carbocycles. The summed E-state index contributed by atoms with van der Waals surface area (Å²) in [6, 6.07) is 17.5. The average molecular weight is 382 g/mol. The van der Waals surface area contributed by atoms with Crippen LogP contribution in [0.15, 0.2) is 54.6 Å². The van der Waals surface area contributed by atoms with Gasteiger partial charge in [0.2, 0.25) is 0 Å². The summed E-state index contributed by atoms with van der Waals surface area (Å²) in [5.41, 5.74) is 2.75. The number of hydrogen-bond acceptors (Lipinski definition) is 4. The monoisotopic (exact) mass is 382 g/mol. The van der Waals surface area contributed by atoms with Crippen molar-refractivity contribution in [1.29, 1.82) is 5.26 Å². The zero-order chi connectivity index (χ0) is 18.9. The Kier molecular flexibility index (Phi) is 4.77.